The molecule has 0 radical (unpaired) electrons. The van der Waals surface area contributed by atoms with E-state index in [1.807, 2.05) is 0 Å². The number of carbonyl (C=O) groups is 1. The maximum Gasteiger partial charge on any atom is 0.323 e. The van der Waals surface area contributed by atoms with E-state index in [9.17, 15) is 13.2 Å². The molecule has 1 aromatic carbocycles. The quantitative estimate of drug-likeness (QED) is 0.853. The predicted molar refractivity (Wildman–Crippen MR) is 79.1 cm³/mol. The van der Waals surface area contributed by atoms with Gasteiger partial charge in [-0.1, -0.05) is 32.9 Å². The molecule has 9 heteroatoms. The number of hydrogen-bond acceptors (Lipinski definition) is 5. The van der Waals surface area contributed by atoms with Crippen molar-refractivity contribution in [1.82, 2.24) is 19.1 Å². The molecule has 1 aromatic heterocycles. The van der Waals surface area contributed by atoms with E-state index in [0.717, 1.165) is 4.09 Å². The Morgan fingerprint density at radius 3 is 2.52 bits per heavy atom. The van der Waals surface area contributed by atoms with Gasteiger partial charge in [0.15, 0.2) is 0 Å². The molecule has 1 atom stereocenters. The van der Waals surface area contributed by atoms with Crippen molar-refractivity contribution in [3.63, 3.8) is 0 Å². The number of para-hydroxylation sites is 1. The molecule has 0 bridgehead atoms. The highest BCUT2D eigenvalue weighted by atomic mass is 35.5. The number of halogens is 1. The fourth-order valence-electron chi connectivity index (χ4n) is 1.79. The van der Waals surface area contributed by atoms with Crippen LogP contribution in [0.3, 0.4) is 0 Å². The topological polar surface area (TPSA) is 93.9 Å². The zero-order chi connectivity index (χ0) is 15.8. The summed E-state index contributed by atoms with van der Waals surface area (Å²) in [6, 6.07) is 5.53. The summed E-state index contributed by atoms with van der Waals surface area (Å²) in [7, 11) is -4.08. The smallest absolute Gasteiger partial charge is 0.279 e. The number of hydrogen-bond donors (Lipinski definition) is 1. The molecule has 1 N–H and O–H groups in total. The first-order valence-electron chi connectivity index (χ1n) is 6.15. The van der Waals surface area contributed by atoms with Crippen molar-refractivity contribution in [1.29, 1.82) is 0 Å². The van der Waals surface area contributed by atoms with Crippen molar-refractivity contribution in [2.75, 3.05) is 0 Å². The third-order valence-electron chi connectivity index (χ3n) is 2.91. The summed E-state index contributed by atoms with van der Waals surface area (Å²) in [4.78, 5) is 11.5. The first-order chi connectivity index (χ1) is 9.63. The molecule has 0 aliphatic rings. The zero-order valence-corrected chi connectivity index (χ0v) is 13.3. The minimum absolute atomic E-state index is 0.319. The number of nitrogens with one attached hydrogen (secondary N) is 1. The summed E-state index contributed by atoms with van der Waals surface area (Å²) in [5.74, 6) is 0. The van der Waals surface area contributed by atoms with Gasteiger partial charge in [-0.05, 0) is 34.4 Å². The van der Waals surface area contributed by atoms with Gasteiger partial charge >= 0.3 is 10.2 Å². The number of carbonyl (C=O) groups excluding carboxylic acids is 1. The Morgan fingerprint density at radius 1 is 1.33 bits per heavy atom. The molecule has 114 valence electrons. The zero-order valence-electron chi connectivity index (χ0n) is 11.7. The van der Waals surface area contributed by atoms with E-state index in [1.54, 1.807) is 45.0 Å². The summed E-state index contributed by atoms with van der Waals surface area (Å²) in [5.41, 5.74) is 0.0783. The Morgan fingerprint density at radius 2 is 1.95 bits per heavy atom. The average molecular weight is 331 g/mol. The Hall–Kier alpha value is -1.51. The third-order valence-corrected chi connectivity index (χ3v) is 4.39. The number of rotatable bonds is 4. The monoisotopic (exact) mass is 330 g/mol. The second-order valence-corrected chi connectivity index (χ2v) is 7.55. The number of benzene rings is 1. The molecular formula is C12H15ClN4O3S. The lowest BCUT2D eigenvalue weighted by molar-refractivity contribution is -0.115. The lowest BCUT2D eigenvalue weighted by Gasteiger charge is -2.27. The van der Waals surface area contributed by atoms with Crippen LogP contribution in [-0.2, 0) is 15.0 Å². The van der Waals surface area contributed by atoms with Crippen LogP contribution in [0.1, 0.15) is 20.8 Å². The normalized spacial score (nSPS) is 14.3. The molecule has 0 amide bonds. The fourth-order valence-corrected chi connectivity index (χ4v) is 3.64. The molecule has 1 heterocycles. The van der Waals surface area contributed by atoms with E-state index in [1.165, 1.54) is 0 Å². The Labute approximate surface area is 127 Å². The molecule has 21 heavy (non-hydrogen) atoms. The fraction of sp³-hybridized carbons (Fsp3) is 0.417. The van der Waals surface area contributed by atoms with E-state index >= 15 is 0 Å². The van der Waals surface area contributed by atoms with Crippen LogP contribution in [0.4, 0.5) is 0 Å². The van der Waals surface area contributed by atoms with Crippen LogP contribution in [0.25, 0.3) is 11.0 Å². The second-order valence-electron chi connectivity index (χ2n) is 5.65. The lowest BCUT2D eigenvalue weighted by atomic mass is 9.88. The van der Waals surface area contributed by atoms with Crippen molar-refractivity contribution in [2.45, 2.75) is 26.8 Å². The minimum atomic E-state index is -4.08. The highest BCUT2D eigenvalue weighted by molar-refractivity contribution is 7.88. The van der Waals surface area contributed by atoms with Crippen LogP contribution >= 0.6 is 11.6 Å². The molecule has 0 fully saturated rings. The Kier molecular flexibility index (Phi) is 4.05. The summed E-state index contributed by atoms with van der Waals surface area (Å²) in [6.45, 7) is 5.12. The van der Waals surface area contributed by atoms with Gasteiger partial charge in [0.2, 0.25) is 5.24 Å². The molecule has 0 spiro atoms. The number of nitrogens with zero attached hydrogens (tertiary/aromatic N) is 3. The van der Waals surface area contributed by atoms with Crippen LogP contribution in [-0.4, -0.2) is 34.1 Å². The predicted octanol–water partition coefficient (Wildman–Crippen LogP) is 1.29. The van der Waals surface area contributed by atoms with Crippen LogP contribution < -0.4 is 4.72 Å². The van der Waals surface area contributed by atoms with Gasteiger partial charge in [0.05, 0.1) is 0 Å². The van der Waals surface area contributed by atoms with Gasteiger partial charge < -0.3 is 0 Å². The molecule has 0 unspecified atom stereocenters. The van der Waals surface area contributed by atoms with Crippen molar-refractivity contribution in [2.24, 2.45) is 5.41 Å². The lowest BCUT2D eigenvalue weighted by Crippen LogP contribution is -2.49. The molecule has 0 saturated heterocycles. The van der Waals surface area contributed by atoms with Crippen LogP contribution in [0.15, 0.2) is 24.3 Å². The molecular weight excluding hydrogens is 316 g/mol. The first-order valence-corrected chi connectivity index (χ1v) is 7.97. The SMILES string of the molecule is CC(C)(C)[C@H](NS(=O)(=O)n1nnc2ccccc21)C(=O)Cl. The van der Waals surface area contributed by atoms with Crippen LogP contribution in [0.2, 0.25) is 0 Å². The molecule has 0 aliphatic carbocycles. The van der Waals surface area contributed by atoms with Gasteiger partial charge in [-0.2, -0.15) is 13.1 Å². The standard InChI is InChI=1S/C12H15ClN4O3S/c1-12(2,3)10(11(13)18)15-21(19,20)17-9-7-5-4-6-8(9)14-16-17/h4-7,10,15H,1-3H3/t10-/m1/s1. The van der Waals surface area contributed by atoms with Crippen molar-refractivity contribution >= 4 is 38.1 Å². The maximum atomic E-state index is 12.4. The minimum Gasteiger partial charge on any atom is -0.279 e. The van der Waals surface area contributed by atoms with E-state index < -0.39 is 26.9 Å². The van der Waals surface area contributed by atoms with Gasteiger partial charge in [-0.3, -0.25) is 4.79 Å². The molecule has 2 aromatic rings. The van der Waals surface area contributed by atoms with E-state index in [0.29, 0.717) is 11.0 Å². The van der Waals surface area contributed by atoms with Gasteiger partial charge in [0.25, 0.3) is 0 Å². The van der Waals surface area contributed by atoms with Crippen LogP contribution in [0, 0.1) is 5.41 Å². The molecule has 0 aliphatic heterocycles. The number of fused-ring (bicyclic) bond motifs is 1. The van der Waals surface area contributed by atoms with Crippen LogP contribution in [0.5, 0.6) is 0 Å². The van der Waals surface area contributed by atoms with Gasteiger partial charge in [-0.15, -0.1) is 9.19 Å². The largest absolute Gasteiger partial charge is 0.323 e. The summed E-state index contributed by atoms with van der Waals surface area (Å²) in [5, 5.41) is 6.62. The van der Waals surface area contributed by atoms with E-state index in [4.69, 9.17) is 11.6 Å². The molecule has 2 rings (SSSR count). The molecule has 7 nitrogen and oxygen atoms in total. The third kappa shape index (κ3) is 3.22. The Bertz CT molecular complexity index is 779. The highest BCUT2D eigenvalue weighted by Crippen LogP contribution is 2.22. The molecule has 0 saturated carbocycles. The summed E-state index contributed by atoms with van der Waals surface area (Å²) < 4.78 is 27.8. The second kappa shape index (κ2) is 5.36. The van der Waals surface area contributed by atoms with Gasteiger partial charge in [-0.25, -0.2) is 0 Å². The number of aromatic nitrogens is 3. The van der Waals surface area contributed by atoms with Crippen molar-refractivity contribution in [3.05, 3.63) is 24.3 Å². The van der Waals surface area contributed by atoms with E-state index in [2.05, 4.69) is 15.0 Å². The van der Waals surface area contributed by atoms with Gasteiger partial charge in [0.1, 0.15) is 17.1 Å². The first kappa shape index (κ1) is 15.9. The van der Waals surface area contributed by atoms with Crippen molar-refractivity contribution in [3.8, 4) is 0 Å². The van der Waals surface area contributed by atoms with Crippen molar-refractivity contribution < 1.29 is 13.2 Å². The summed E-state index contributed by atoms with van der Waals surface area (Å²) in [6.07, 6.45) is 0. The van der Waals surface area contributed by atoms with E-state index in [-0.39, 0.29) is 0 Å². The maximum absolute atomic E-state index is 12.4. The average Bonchev–Trinajstić information content (AvgIpc) is 2.79. The summed E-state index contributed by atoms with van der Waals surface area (Å²) >= 11 is 5.50. The highest BCUT2D eigenvalue weighted by Gasteiger charge is 2.35. The van der Waals surface area contributed by atoms with Gasteiger partial charge in [0, 0.05) is 0 Å². The Balaban J connectivity index is 2.45.